The van der Waals surface area contributed by atoms with Crippen LogP contribution in [0.2, 0.25) is 0 Å². The van der Waals surface area contributed by atoms with Crippen LogP contribution in [0.5, 0.6) is 0 Å². The number of carbonyl (C=O) groups is 2. The molecular weight excluding hydrogens is 467 g/mol. The van der Waals surface area contributed by atoms with Crippen molar-refractivity contribution in [3.63, 3.8) is 0 Å². The van der Waals surface area contributed by atoms with Crippen molar-refractivity contribution in [2.45, 2.75) is 41.2 Å². The Morgan fingerprint density at radius 3 is 2.46 bits per heavy atom. The number of rotatable bonds is 6. The zero-order chi connectivity index (χ0) is 25.3. The Kier molecular flexibility index (Phi) is 6.79. The lowest BCUT2D eigenvalue weighted by molar-refractivity contribution is -0.115. The van der Waals surface area contributed by atoms with Crippen LogP contribution in [0, 0.1) is 33.5 Å². The topological polar surface area (TPSA) is 77.3 Å². The van der Waals surface area contributed by atoms with E-state index in [1.807, 2.05) is 32.0 Å². The minimum absolute atomic E-state index is 0.0471. The van der Waals surface area contributed by atoms with Crippen LogP contribution in [0.25, 0.3) is 5.69 Å². The second kappa shape index (κ2) is 9.79. The first-order valence-electron chi connectivity index (χ1n) is 11.0. The van der Waals surface area contributed by atoms with Crippen LogP contribution in [-0.4, -0.2) is 26.6 Å². The van der Waals surface area contributed by atoms with Gasteiger partial charge in [-0.3, -0.25) is 9.69 Å². The number of carbonyl (C=O) groups excluding carboxylic acids is 2. The van der Waals surface area contributed by atoms with Gasteiger partial charge in [-0.15, -0.1) is 11.3 Å². The van der Waals surface area contributed by atoms with E-state index in [2.05, 4.69) is 10.1 Å². The SMILES string of the molecule is CC(=O)N(c1nc(COC(=O)c2c(C)nn(-c3ccc(F)cc3)c2C)cs1)c1ccc(C)cc1C. The Balaban J connectivity index is 1.51. The standard InChI is InChI=1S/C26H25FN4O3S/c1-15-6-11-23(16(2)12-15)30(19(5)32)26-28-21(14-35-26)13-34-25(33)24-17(3)29-31(18(24)4)22-9-7-20(27)8-10-22/h6-12,14H,13H2,1-5H3. The predicted molar refractivity (Wildman–Crippen MR) is 133 cm³/mol. The summed E-state index contributed by atoms with van der Waals surface area (Å²) in [6, 6.07) is 11.7. The fraction of sp³-hybridized carbons (Fsp3) is 0.231. The number of esters is 1. The number of aromatic nitrogens is 3. The van der Waals surface area contributed by atoms with Crippen LogP contribution in [0.3, 0.4) is 0 Å². The third-order valence-corrected chi connectivity index (χ3v) is 6.43. The molecule has 0 radical (unpaired) electrons. The van der Waals surface area contributed by atoms with Gasteiger partial charge in [-0.1, -0.05) is 17.7 Å². The van der Waals surface area contributed by atoms with Gasteiger partial charge in [-0.05, 0) is 63.6 Å². The van der Waals surface area contributed by atoms with Crippen LogP contribution in [0.15, 0.2) is 47.8 Å². The Morgan fingerprint density at radius 1 is 1.09 bits per heavy atom. The number of hydrogen-bond acceptors (Lipinski definition) is 6. The Morgan fingerprint density at radius 2 is 1.80 bits per heavy atom. The number of ether oxygens (including phenoxy) is 1. The molecule has 0 unspecified atom stereocenters. The van der Waals surface area contributed by atoms with Gasteiger partial charge in [-0.25, -0.2) is 18.9 Å². The number of halogens is 1. The maximum absolute atomic E-state index is 13.3. The van der Waals surface area contributed by atoms with Crippen molar-refractivity contribution in [1.82, 2.24) is 14.8 Å². The number of hydrogen-bond donors (Lipinski definition) is 0. The van der Waals surface area contributed by atoms with Gasteiger partial charge in [0, 0.05) is 12.3 Å². The molecule has 7 nitrogen and oxygen atoms in total. The van der Waals surface area contributed by atoms with Crippen LogP contribution in [0.1, 0.15) is 45.5 Å². The molecule has 180 valence electrons. The molecule has 0 spiro atoms. The zero-order valence-electron chi connectivity index (χ0n) is 20.1. The molecule has 0 fully saturated rings. The summed E-state index contributed by atoms with van der Waals surface area (Å²) in [5.41, 5.74) is 5.47. The van der Waals surface area contributed by atoms with E-state index in [1.54, 1.807) is 40.9 Å². The van der Waals surface area contributed by atoms with Crippen LogP contribution in [-0.2, 0) is 16.1 Å². The van der Waals surface area contributed by atoms with Gasteiger partial charge in [0.05, 0.1) is 28.5 Å². The summed E-state index contributed by atoms with van der Waals surface area (Å²) in [4.78, 5) is 31.4. The lowest BCUT2D eigenvalue weighted by Crippen LogP contribution is -2.23. The van der Waals surface area contributed by atoms with Crippen molar-refractivity contribution in [2.24, 2.45) is 0 Å². The zero-order valence-corrected chi connectivity index (χ0v) is 20.9. The molecule has 0 aliphatic rings. The Bertz CT molecular complexity index is 1410. The van der Waals surface area contributed by atoms with Crippen molar-refractivity contribution < 1.29 is 18.7 Å². The highest BCUT2D eigenvalue weighted by Crippen LogP contribution is 2.32. The van der Waals surface area contributed by atoms with Crippen LogP contribution < -0.4 is 4.90 Å². The lowest BCUT2D eigenvalue weighted by Gasteiger charge is -2.20. The second-order valence-corrected chi connectivity index (χ2v) is 9.11. The highest BCUT2D eigenvalue weighted by atomic mass is 32.1. The van der Waals surface area contributed by atoms with Gasteiger partial charge in [0.25, 0.3) is 0 Å². The third kappa shape index (κ3) is 5.00. The summed E-state index contributed by atoms with van der Waals surface area (Å²) in [6.45, 7) is 8.87. The number of amides is 1. The third-order valence-electron chi connectivity index (χ3n) is 5.56. The fourth-order valence-electron chi connectivity index (χ4n) is 3.91. The highest BCUT2D eigenvalue weighted by molar-refractivity contribution is 7.14. The van der Waals surface area contributed by atoms with E-state index >= 15 is 0 Å². The van der Waals surface area contributed by atoms with Gasteiger partial charge < -0.3 is 4.74 Å². The number of aryl methyl sites for hydroxylation is 3. The first-order valence-corrected chi connectivity index (χ1v) is 11.8. The number of anilines is 2. The first-order chi connectivity index (χ1) is 16.7. The van der Waals surface area contributed by atoms with E-state index in [-0.39, 0.29) is 18.3 Å². The van der Waals surface area contributed by atoms with Gasteiger partial charge >= 0.3 is 5.97 Å². The highest BCUT2D eigenvalue weighted by Gasteiger charge is 2.23. The van der Waals surface area contributed by atoms with Crippen LogP contribution in [0.4, 0.5) is 15.2 Å². The molecule has 9 heteroatoms. The van der Waals surface area contributed by atoms with E-state index in [0.717, 1.165) is 16.8 Å². The maximum atomic E-state index is 13.3. The minimum atomic E-state index is -0.527. The molecule has 2 aromatic heterocycles. The summed E-state index contributed by atoms with van der Waals surface area (Å²) < 4.78 is 20.4. The summed E-state index contributed by atoms with van der Waals surface area (Å²) in [7, 11) is 0. The molecule has 0 N–H and O–H groups in total. The van der Waals surface area contributed by atoms with Gasteiger partial charge in [0.2, 0.25) is 5.91 Å². The fourth-order valence-corrected chi connectivity index (χ4v) is 4.78. The first kappa shape index (κ1) is 24.3. The van der Waals surface area contributed by atoms with Crippen molar-refractivity contribution in [2.75, 3.05) is 4.90 Å². The largest absolute Gasteiger partial charge is 0.455 e. The average molecular weight is 493 g/mol. The van der Waals surface area contributed by atoms with E-state index in [9.17, 15) is 14.0 Å². The molecule has 4 rings (SSSR count). The molecule has 0 aliphatic heterocycles. The van der Waals surface area contributed by atoms with Gasteiger partial charge in [0.15, 0.2) is 5.13 Å². The Hall–Kier alpha value is -3.85. The summed E-state index contributed by atoms with van der Waals surface area (Å²) in [5, 5.41) is 6.69. The molecule has 0 atom stereocenters. The minimum Gasteiger partial charge on any atom is -0.455 e. The van der Waals surface area contributed by atoms with Crippen molar-refractivity contribution >= 4 is 34.0 Å². The molecule has 1 amide bonds. The molecule has 4 aromatic rings. The van der Waals surface area contributed by atoms with E-state index in [4.69, 9.17) is 4.74 Å². The quantitative estimate of drug-likeness (QED) is 0.321. The predicted octanol–water partition coefficient (Wildman–Crippen LogP) is 5.74. The second-order valence-electron chi connectivity index (χ2n) is 8.28. The summed E-state index contributed by atoms with van der Waals surface area (Å²) >= 11 is 1.31. The number of benzene rings is 2. The number of nitrogens with zero attached hydrogens (tertiary/aromatic N) is 4. The molecule has 2 heterocycles. The number of thiazole rings is 1. The van der Waals surface area contributed by atoms with Crippen molar-refractivity contribution in [3.8, 4) is 5.69 Å². The molecule has 0 aliphatic carbocycles. The van der Waals surface area contributed by atoms with Crippen molar-refractivity contribution in [1.29, 1.82) is 0 Å². The van der Waals surface area contributed by atoms with E-state index in [1.165, 1.54) is 30.4 Å². The summed E-state index contributed by atoms with van der Waals surface area (Å²) in [5.74, 6) is -1.03. The van der Waals surface area contributed by atoms with E-state index in [0.29, 0.717) is 33.5 Å². The Labute approximate surface area is 206 Å². The molecule has 0 saturated carbocycles. The van der Waals surface area contributed by atoms with Gasteiger partial charge in [0.1, 0.15) is 18.0 Å². The molecule has 0 bridgehead atoms. The summed E-state index contributed by atoms with van der Waals surface area (Å²) in [6.07, 6.45) is 0. The lowest BCUT2D eigenvalue weighted by atomic mass is 10.1. The molecule has 35 heavy (non-hydrogen) atoms. The molecule has 2 aromatic carbocycles. The van der Waals surface area contributed by atoms with Gasteiger partial charge in [-0.2, -0.15) is 5.10 Å². The molecule has 0 saturated heterocycles. The van der Waals surface area contributed by atoms with E-state index < -0.39 is 5.97 Å². The molecular formula is C26H25FN4O3S. The van der Waals surface area contributed by atoms with Crippen LogP contribution >= 0.6 is 11.3 Å². The van der Waals surface area contributed by atoms with Crippen molar-refractivity contribution in [3.05, 3.63) is 87.4 Å². The normalized spacial score (nSPS) is 10.9. The maximum Gasteiger partial charge on any atom is 0.342 e. The average Bonchev–Trinajstić information content (AvgIpc) is 3.38. The smallest absolute Gasteiger partial charge is 0.342 e. The monoisotopic (exact) mass is 492 g/mol.